The van der Waals surface area contributed by atoms with Gasteiger partial charge in [-0.2, -0.15) is 0 Å². The average Bonchev–Trinajstić information content (AvgIpc) is 3.31. The number of nitrogens with zero attached hydrogens (tertiary/aromatic N) is 1. The summed E-state index contributed by atoms with van der Waals surface area (Å²) in [5.74, 6) is 0. The first-order valence-electron chi connectivity index (χ1n) is 15.3. The summed E-state index contributed by atoms with van der Waals surface area (Å²) in [5.41, 5.74) is 11.8. The first kappa shape index (κ1) is 30.7. The zero-order valence-corrected chi connectivity index (χ0v) is 26.5. The summed E-state index contributed by atoms with van der Waals surface area (Å²) < 4.78 is 0. The fraction of sp³-hybridized carbons (Fsp3) is 0.244. The molecule has 0 spiro atoms. The Hall–Kier alpha value is -4.23. The molecule has 1 aliphatic heterocycles. The predicted octanol–water partition coefficient (Wildman–Crippen LogP) is 11.6. The van der Waals surface area contributed by atoms with E-state index in [1.54, 1.807) is 0 Å². The van der Waals surface area contributed by atoms with Gasteiger partial charge in [-0.25, -0.2) is 0 Å². The summed E-state index contributed by atoms with van der Waals surface area (Å²) in [6.07, 6.45) is 22.7. The van der Waals surface area contributed by atoms with E-state index >= 15 is 0 Å². The number of aryl methyl sites for hydroxylation is 1. The smallest absolute Gasteiger partial charge is 0.0841 e. The number of rotatable bonds is 7. The van der Waals surface area contributed by atoms with Gasteiger partial charge >= 0.3 is 0 Å². The van der Waals surface area contributed by atoms with Gasteiger partial charge in [0.25, 0.3) is 0 Å². The van der Waals surface area contributed by atoms with E-state index in [2.05, 4.69) is 144 Å². The van der Waals surface area contributed by atoms with Crippen molar-refractivity contribution >= 4 is 28.1 Å². The first-order chi connectivity index (χ1) is 20.5. The monoisotopic (exact) mass is 551 g/mol. The summed E-state index contributed by atoms with van der Waals surface area (Å²) >= 11 is 0. The second kappa shape index (κ2) is 13.6. The third-order valence-electron chi connectivity index (χ3n) is 8.26. The van der Waals surface area contributed by atoms with Crippen molar-refractivity contribution in [1.29, 1.82) is 0 Å². The fourth-order valence-electron chi connectivity index (χ4n) is 6.41. The number of allylic oxidation sites excluding steroid dienone is 11. The quantitative estimate of drug-likeness (QED) is 0.259. The third-order valence-corrected chi connectivity index (χ3v) is 8.26. The number of hydrogen-bond donors (Lipinski definition) is 0. The van der Waals surface area contributed by atoms with E-state index < -0.39 is 5.41 Å². The van der Waals surface area contributed by atoms with E-state index in [1.165, 1.54) is 60.9 Å². The number of aliphatic imine (C=N–C) groups is 1. The molecule has 1 atom stereocenters. The van der Waals surface area contributed by atoms with Crippen LogP contribution in [-0.2, 0) is 5.41 Å². The van der Waals surface area contributed by atoms with Gasteiger partial charge in [-0.3, -0.25) is 4.99 Å². The highest BCUT2D eigenvalue weighted by atomic mass is 14.8. The molecule has 0 aromatic heterocycles. The summed E-state index contributed by atoms with van der Waals surface area (Å²) in [7, 11) is 0. The Labute approximate surface area is 253 Å². The molecule has 0 bridgehead atoms. The molecule has 5 rings (SSSR count). The Morgan fingerprint density at radius 2 is 1.64 bits per heavy atom. The van der Waals surface area contributed by atoms with Crippen LogP contribution in [0.25, 0.3) is 33.5 Å². The van der Waals surface area contributed by atoms with E-state index in [4.69, 9.17) is 4.99 Å². The lowest BCUT2D eigenvalue weighted by atomic mass is 9.66. The molecule has 3 aromatic carbocycles. The van der Waals surface area contributed by atoms with Crippen molar-refractivity contribution in [2.75, 3.05) is 6.54 Å². The molecule has 0 saturated heterocycles. The number of hydrogen-bond acceptors (Lipinski definition) is 1. The molecule has 42 heavy (non-hydrogen) atoms. The molecule has 2 aliphatic rings. The maximum absolute atomic E-state index is 5.15. The molecule has 0 saturated carbocycles. The maximum Gasteiger partial charge on any atom is 0.0841 e. The summed E-state index contributed by atoms with van der Waals surface area (Å²) in [4.78, 5) is 5.15. The summed E-state index contributed by atoms with van der Waals surface area (Å²) in [6.45, 7) is 19.7. The van der Waals surface area contributed by atoms with Crippen LogP contribution in [0.2, 0.25) is 0 Å². The lowest BCUT2D eigenvalue weighted by molar-refractivity contribution is 0.807. The van der Waals surface area contributed by atoms with Crippen LogP contribution in [0.4, 0.5) is 0 Å². The summed E-state index contributed by atoms with van der Waals surface area (Å²) in [5, 5.41) is 2.54. The van der Waals surface area contributed by atoms with Crippen LogP contribution in [0.1, 0.15) is 70.2 Å². The maximum atomic E-state index is 5.15. The van der Waals surface area contributed by atoms with Crippen molar-refractivity contribution in [3.8, 4) is 11.1 Å². The highest BCUT2D eigenvalue weighted by Gasteiger charge is 2.48. The van der Waals surface area contributed by atoms with Gasteiger partial charge in [0.1, 0.15) is 0 Å². The standard InChI is InChI=1S/C39H39N.C2H6/c1-7-11-16-28(6)39(38-17-12-13-24-40-38)36(15-9-3)32(10-4)35-23-21-30(26-37(35)39)29-20-22-34-31(25-29)19-18-27(5)33(34)14-8-2;1-2/h7-12,14-23,25-26H,4,13,24H2,1-3,5-6H3;1-2H3/b11-7-,14-8-,15-9-,28-16+;. The van der Waals surface area contributed by atoms with E-state index in [9.17, 15) is 0 Å². The molecular weight excluding hydrogens is 506 g/mol. The topological polar surface area (TPSA) is 12.4 Å². The minimum atomic E-state index is -0.481. The van der Waals surface area contributed by atoms with Gasteiger partial charge < -0.3 is 0 Å². The third kappa shape index (κ3) is 5.25. The first-order valence-corrected chi connectivity index (χ1v) is 15.3. The van der Waals surface area contributed by atoms with Gasteiger partial charge in [-0.05, 0) is 115 Å². The second-order valence-electron chi connectivity index (χ2n) is 10.6. The minimum absolute atomic E-state index is 0.481. The number of benzene rings is 3. The highest BCUT2D eigenvalue weighted by molar-refractivity contribution is 6.14. The number of dihydropyridines is 1. The second-order valence-corrected chi connectivity index (χ2v) is 10.6. The van der Waals surface area contributed by atoms with Crippen LogP contribution < -0.4 is 0 Å². The molecule has 1 aliphatic carbocycles. The lowest BCUT2D eigenvalue weighted by Crippen LogP contribution is -2.37. The number of fused-ring (bicyclic) bond motifs is 2. The van der Waals surface area contributed by atoms with Crippen LogP contribution >= 0.6 is 0 Å². The van der Waals surface area contributed by atoms with E-state index in [0.717, 1.165) is 18.7 Å². The van der Waals surface area contributed by atoms with Crippen molar-refractivity contribution in [1.82, 2.24) is 0 Å². The van der Waals surface area contributed by atoms with Crippen LogP contribution in [-0.4, -0.2) is 12.3 Å². The van der Waals surface area contributed by atoms with Crippen LogP contribution in [0.15, 0.2) is 126 Å². The molecule has 0 N–H and O–H groups in total. The Morgan fingerprint density at radius 3 is 2.31 bits per heavy atom. The highest BCUT2D eigenvalue weighted by Crippen LogP contribution is 2.54. The van der Waals surface area contributed by atoms with Crippen molar-refractivity contribution < 1.29 is 0 Å². The Bertz CT molecular complexity index is 1700. The van der Waals surface area contributed by atoms with E-state index in [0.29, 0.717) is 0 Å². The molecule has 3 aromatic rings. The van der Waals surface area contributed by atoms with Crippen LogP contribution in [0.3, 0.4) is 0 Å². The molecule has 1 heterocycles. The van der Waals surface area contributed by atoms with Gasteiger partial charge in [-0.1, -0.05) is 117 Å². The molecule has 0 fully saturated rings. The van der Waals surface area contributed by atoms with Crippen LogP contribution in [0.5, 0.6) is 0 Å². The van der Waals surface area contributed by atoms with Gasteiger partial charge in [-0.15, -0.1) is 0 Å². The molecule has 0 radical (unpaired) electrons. The zero-order valence-electron chi connectivity index (χ0n) is 26.5. The minimum Gasteiger partial charge on any atom is -0.288 e. The molecular formula is C41H45N. The lowest BCUT2D eigenvalue weighted by Gasteiger charge is -2.36. The molecule has 0 amide bonds. The summed E-state index contributed by atoms with van der Waals surface area (Å²) in [6, 6.07) is 18.3. The largest absolute Gasteiger partial charge is 0.288 e. The fourth-order valence-corrected chi connectivity index (χ4v) is 6.41. The van der Waals surface area contributed by atoms with Crippen molar-refractivity contribution in [3.05, 3.63) is 143 Å². The normalized spacial score (nSPS) is 18.6. The van der Waals surface area contributed by atoms with Gasteiger partial charge in [0.2, 0.25) is 0 Å². The zero-order chi connectivity index (χ0) is 30.3. The molecule has 214 valence electrons. The molecule has 1 unspecified atom stereocenters. The van der Waals surface area contributed by atoms with Crippen molar-refractivity contribution in [2.45, 2.75) is 60.3 Å². The van der Waals surface area contributed by atoms with Gasteiger partial charge in [0, 0.05) is 6.54 Å². The van der Waals surface area contributed by atoms with Gasteiger partial charge in [0.15, 0.2) is 0 Å². The van der Waals surface area contributed by atoms with Crippen molar-refractivity contribution in [2.24, 2.45) is 4.99 Å². The Kier molecular flexibility index (Phi) is 9.96. The average molecular weight is 552 g/mol. The van der Waals surface area contributed by atoms with Crippen molar-refractivity contribution in [3.63, 3.8) is 0 Å². The molecule has 1 nitrogen and oxygen atoms in total. The van der Waals surface area contributed by atoms with E-state index in [-0.39, 0.29) is 0 Å². The predicted molar refractivity (Wildman–Crippen MR) is 188 cm³/mol. The molecule has 1 heteroatoms. The Morgan fingerprint density at radius 1 is 0.905 bits per heavy atom. The van der Waals surface area contributed by atoms with Crippen LogP contribution in [0, 0.1) is 6.92 Å². The Balaban J connectivity index is 0.00000198. The SMILES string of the molecule is C=CC1=C(/C=C\C)C(C2=NCCC=C2)(/C(C)=C/C=C\C)c2cc(-c3ccc4c(/C=C\C)c(C)ccc4c3)ccc21.CC. The van der Waals surface area contributed by atoms with E-state index in [1.807, 2.05) is 19.9 Å². The van der Waals surface area contributed by atoms with Gasteiger partial charge in [0.05, 0.1) is 11.1 Å².